The van der Waals surface area contributed by atoms with Crippen LogP contribution in [0, 0.1) is 11.7 Å². The van der Waals surface area contributed by atoms with Gasteiger partial charge in [-0.3, -0.25) is 9.78 Å². The van der Waals surface area contributed by atoms with E-state index < -0.39 is 5.82 Å². The summed E-state index contributed by atoms with van der Waals surface area (Å²) in [7, 11) is 1.67. The number of anilines is 1. The van der Waals surface area contributed by atoms with Crippen LogP contribution in [0.3, 0.4) is 0 Å². The second kappa shape index (κ2) is 7.39. The van der Waals surface area contributed by atoms with E-state index >= 15 is 0 Å². The predicted molar refractivity (Wildman–Crippen MR) is 91.3 cm³/mol. The number of rotatable bonds is 5. The summed E-state index contributed by atoms with van der Waals surface area (Å²) in [6.07, 6.45) is 4.60. The molecule has 0 aliphatic carbocycles. The fraction of sp³-hybridized carbons (Fsp3) is 0.357. The molecule has 2 heterocycles. The van der Waals surface area contributed by atoms with Gasteiger partial charge in [0.1, 0.15) is 15.8 Å². The van der Waals surface area contributed by atoms with Crippen LogP contribution in [-0.2, 0) is 4.79 Å². The monoisotopic (exact) mass is 359 g/mol. The minimum Gasteiger partial charge on any atom is -0.304 e. The number of halogens is 2. The number of carbonyl (C=O) groups excluding carboxylic acids is 1. The third kappa shape index (κ3) is 3.77. The highest BCUT2D eigenvalue weighted by atomic mass is 35.5. The summed E-state index contributed by atoms with van der Waals surface area (Å²) in [6.45, 7) is 1.88. The molecule has 8 heteroatoms. The van der Waals surface area contributed by atoms with Crippen LogP contribution in [0.25, 0.3) is 10.6 Å². The van der Waals surface area contributed by atoms with Crippen molar-refractivity contribution in [2.24, 2.45) is 5.92 Å². The topological polar surface area (TPSA) is 46.1 Å². The number of carbonyl (C=O) groups is 1. The highest BCUT2D eigenvalue weighted by Crippen LogP contribution is 2.37. The molecule has 22 heavy (non-hydrogen) atoms. The lowest BCUT2D eigenvalue weighted by Crippen LogP contribution is -2.32. The zero-order chi connectivity index (χ0) is 16.3. The van der Waals surface area contributed by atoms with Crippen molar-refractivity contribution in [2.45, 2.75) is 6.92 Å². The Labute approximate surface area is 141 Å². The minimum atomic E-state index is -0.441. The van der Waals surface area contributed by atoms with Gasteiger partial charge in [-0.05, 0) is 12.3 Å². The first kappa shape index (κ1) is 17.2. The standard InChI is InChI=1S/C14H15ClFN3OS2/c1-8(7-21-3)13(20)19(2)14-11(15)18-12(22-14)9-4-10(16)6-17-5-9/h4-6,8H,7H2,1-3H3. The van der Waals surface area contributed by atoms with Crippen LogP contribution < -0.4 is 4.90 Å². The number of pyridine rings is 1. The van der Waals surface area contributed by atoms with Gasteiger partial charge in [-0.1, -0.05) is 29.9 Å². The van der Waals surface area contributed by atoms with Crippen molar-refractivity contribution >= 4 is 45.6 Å². The lowest BCUT2D eigenvalue weighted by atomic mass is 10.2. The molecule has 4 nitrogen and oxygen atoms in total. The lowest BCUT2D eigenvalue weighted by Gasteiger charge is -2.19. The van der Waals surface area contributed by atoms with Crippen molar-refractivity contribution in [1.82, 2.24) is 9.97 Å². The molecule has 0 aromatic carbocycles. The number of thiazole rings is 1. The van der Waals surface area contributed by atoms with E-state index in [1.165, 1.54) is 28.5 Å². The SMILES string of the molecule is CSCC(C)C(=O)N(C)c1sc(-c2cncc(F)c2)nc1Cl. The van der Waals surface area contributed by atoms with E-state index in [-0.39, 0.29) is 17.0 Å². The number of hydrogen-bond acceptors (Lipinski definition) is 5. The van der Waals surface area contributed by atoms with Gasteiger partial charge < -0.3 is 4.90 Å². The maximum absolute atomic E-state index is 13.3. The maximum atomic E-state index is 13.3. The van der Waals surface area contributed by atoms with Gasteiger partial charge in [-0.2, -0.15) is 11.8 Å². The van der Waals surface area contributed by atoms with E-state index in [4.69, 9.17) is 11.6 Å². The van der Waals surface area contributed by atoms with E-state index in [1.807, 2.05) is 13.2 Å². The maximum Gasteiger partial charge on any atom is 0.231 e. The quantitative estimate of drug-likeness (QED) is 0.810. The molecule has 0 fully saturated rings. The van der Waals surface area contributed by atoms with E-state index in [2.05, 4.69) is 9.97 Å². The zero-order valence-corrected chi connectivity index (χ0v) is 14.7. The number of aromatic nitrogens is 2. The molecule has 1 unspecified atom stereocenters. The Morgan fingerprint density at radius 1 is 1.55 bits per heavy atom. The average molecular weight is 360 g/mol. The highest BCUT2D eigenvalue weighted by molar-refractivity contribution is 7.98. The molecule has 0 saturated carbocycles. The number of hydrogen-bond donors (Lipinski definition) is 0. The van der Waals surface area contributed by atoms with Gasteiger partial charge in [-0.25, -0.2) is 9.37 Å². The number of amides is 1. The predicted octanol–water partition coefficient (Wildman–Crippen LogP) is 3.96. The molecule has 1 amide bonds. The summed E-state index contributed by atoms with van der Waals surface area (Å²) in [5, 5.41) is 1.32. The van der Waals surface area contributed by atoms with Crippen LogP contribution in [0.4, 0.5) is 9.39 Å². The molecule has 0 aliphatic heterocycles. The molecular formula is C14H15ClFN3OS2. The van der Waals surface area contributed by atoms with Crippen LogP contribution in [-0.4, -0.2) is 34.9 Å². The highest BCUT2D eigenvalue weighted by Gasteiger charge is 2.23. The first-order valence-electron chi connectivity index (χ1n) is 6.47. The molecule has 2 aromatic heterocycles. The van der Waals surface area contributed by atoms with Gasteiger partial charge in [0.15, 0.2) is 5.15 Å². The second-order valence-electron chi connectivity index (χ2n) is 4.76. The first-order chi connectivity index (χ1) is 10.4. The van der Waals surface area contributed by atoms with Gasteiger partial charge in [0, 0.05) is 30.5 Å². The van der Waals surface area contributed by atoms with Gasteiger partial charge >= 0.3 is 0 Å². The summed E-state index contributed by atoms with van der Waals surface area (Å²) >= 11 is 9.00. The third-order valence-electron chi connectivity index (χ3n) is 2.99. The molecule has 2 rings (SSSR count). The van der Waals surface area contributed by atoms with Crippen molar-refractivity contribution < 1.29 is 9.18 Å². The van der Waals surface area contributed by atoms with E-state index in [9.17, 15) is 9.18 Å². The summed E-state index contributed by atoms with van der Waals surface area (Å²) in [5.74, 6) is 0.157. The zero-order valence-electron chi connectivity index (χ0n) is 12.3. The Hall–Kier alpha value is -1.18. The van der Waals surface area contributed by atoms with E-state index in [1.54, 1.807) is 18.8 Å². The lowest BCUT2D eigenvalue weighted by molar-refractivity contribution is -0.120. The van der Waals surface area contributed by atoms with E-state index in [0.717, 1.165) is 11.9 Å². The molecule has 0 radical (unpaired) electrons. The van der Waals surface area contributed by atoms with Crippen molar-refractivity contribution in [3.8, 4) is 10.6 Å². The van der Waals surface area contributed by atoms with Crippen LogP contribution in [0.5, 0.6) is 0 Å². The van der Waals surface area contributed by atoms with Crippen LogP contribution >= 0.6 is 34.7 Å². The van der Waals surface area contributed by atoms with Crippen molar-refractivity contribution in [3.05, 3.63) is 29.4 Å². The van der Waals surface area contributed by atoms with Crippen molar-refractivity contribution in [1.29, 1.82) is 0 Å². The number of thioether (sulfide) groups is 1. The van der Waals surface area contributed by atoms with Gasteiger partial charge in [0.25, 0.3) is 0 Å². The Balaban J connectivity index is 2.28. The van der Waals surface area contributed by atoms with Crippen LogP contribution in [0.2, 0.25) is 5.15 Å². The van der Waals surface area contributed by atoms with Crippen LogP contribution in [0.1, 0.15) is 6.92 Å². The summed E-state index contributed by atoms with van der Waals surface area (Å²) in [5.41, 5.74) is 0.538. The Morgan fingerprint density at radius 2 is 2.27 bits per heavy atom. The van der Waals surface area contributed by atoms with Crippen molar-refractivity contribution in [2.75, 3.05) is 24.0 Å². The molecule has 1 atom stereocenters. The Morgan fingerprint density at radius 3 is 2.91 bits per heavy atom. The molecular weight excluding hydrogens is 345 g/mol. The summed E-state index contributed by atoms with van der Waals surface area (Å²) < 4.78 is 13.3. The molecule has 0 spiro atoms. The summed E-state index contributed by atoms with van der Waals surface area (Å²) in [4.78, 5) is 21.9. The van der Waals surface area contributed by atoms with Crippen molar-refractivity contribution in [3.63, 3.8) is 0 Å². The average Bonchev–Trinajstić information content (AvgIpc) is 2.88. The fourth-order valence-corrected chi connectivity index (χ4v) is 3.83. The third-order valence-corrected chi connectivity index (χ3v) is 5.38. The Kier molecular flexibility index (Phi) is 5.77. The molecule has 2 aromatic rings. The molecule has 0 aliphatic rings. The summed E-state index contributed by atoms with van der Waals surface area (Å²) in [6, 6.07) is 1.34. The second-order valence-corrected chi connectivity index (χ2v) is 7.01. The van der Waals surface area contributed by atoms with Gasteiger partial charge in [0.05, 0.1) is 6.20 Å². The van der Waals surface area contributed by atoms with Crippen LogP contribution in [0.15, 0.2) is 18.5 Å². The van der Waals surface area contributed by atoms with E-state index in [0.29, 0.717) is 15.6 Å². The smallest absolute Gasteiger partial charge is 0.231 e. The normalized spacial score (nSPS) is 12.2. The largest absolute Gasteiger partial charge is 0.304 e. The Bertz CT molecular complexity index is 680. The molecule has 0 N–H and O–H groups in total. The molecule has 118 valence electrons. The number of nitrogens with zero attached hydrogens (tertiary/aromatic N) is 3. The minimum absolute atomic E-state index is 0.0242. The van der Waals surface area contributed by atoms with Gasteiger partial charge in [-0.15, -0.1) is 0 Å². The van der Waals surface area contributed by atoms with Gasteiger partial charge in [0.2, 0.25) is 5.91 Å². The molecule has 0 bridgehead atoms. The first-order valence-corrected chi connectivity index (χ1v) is 9.06. The fourth-order valence-electron chi connectivity index (χ4n) is 1.90. The molecule has 0 saturated heterocycles.